The number of carbonyl (C=O) groups is 1. The first kappa shape index (κ1) is 12.6. The average Bonchev–Trinajstić information content (AvgIpc) is 2.90. The van der Waals surface area contributed by atoms with Crippen LogP contribution in [0, 0.1) is 10.1 Å². The van der Waals surface area contributed by atoms with Crippen molar-refractivity contribution < 1.29 is 14.1 Å². The predicted octanol–water partition coefficient (Wildman–Crippen LogP) is 2.84. The molecule has 1 N–H and O–H groups in total. The van der Waals surface area contributed by atoms with Crippen LogP contribution in [0.5, 0.6) is 0 Å². The monoisotopic (exact) mass is 258 g/mol. The van der Waals surface area contributed by atoms with Crippen LogP contribution in [0.1, 0.15) is 5.76 Å². The summed E-state index contributed by atoms with van der Waals surface area (Å²) in [6, 6.07) is 9.32. The van der Waals surface area contributed by atoms with E-state index >= 15 is 0 Å². The third-order valence-corrected chi connectivity index (χ3v) is 2.30. The van der Waals surface area contributed by atoms with Crippen molar-refractivity contribution >= 4 is 23.4 Å². The quantitative estimate of drug-likeness (QED) is 0.519. The molecule has 0 atom stereocenters. The van der Waals surface area contributed by atoms with E-state index in [2.05, 4.69) is 5.32 Å². The van der Waals surface area contributed by atoms with Crippen LogP contribution >= 0.6 is 0 Å². The predicted molar refractivity (Wildman–Crippen MR) is 69.5 cm³/mol. The van der Waals surface area contributed by atoms with Gasteiger partial charge >= 0.3 is 0 Å². The fourth-order valence-corrected chi connectivity index (χ4v) is 1.46. The van der Waals surface area contributed by atoms with E-state index in [1.807, 2.05) is 0 Å². The van der Waals surface area contributed by atoms with E-state index in [0.29, 0.717) is 5.76 Å². The maximum absolute atomic E-state index is 11.6. The topological polar surface area (TPSA) is 85.4 Å². The molecule has 0 radical (unpaired) electrons. The second-order valence-electron chi connectivity index (χ2n) is 3.61. The fourth-order valence-electron chi connectivity index (χ4n) is 1.46. The van der Waals surface area contributed by atoms with Gasteiger partial charge in [0, 0.05) is 12.1 Å². The first-order valence-electron chi connectivity index (χ1n) is 5.43. The van der Waals surface area contributed by atoms with Gasteiger partial charge in [0.15, 0.2) is 0 Å². The smallest absolute Gasteiger partial charge is 0.292 e. The molecule has 6 nitrogen and oxygen atoms in total. The van der Waals surface area contributed by atoms with Gasteiger partial charge < -0.3 is 9.73 Å². The molecule has 1 heterocycles. The number of amides is 1. The molecule has 0 spiro atoms. The van der Waals surface area contributed by atoms with Crippen molar-refractivity contribution in [3.8, 4) is 0 Å². The Morgan fingerprint density at radius 3 is 2.74 bits per heavy atom. The summed E-state index contributed by atoms with van der Waals surface area (Å²) < 4.78 is 5.02. The Balaban J connectivity index is 2.09. The molecule has 0 aliphatic heterocycles. The van der Waals surface area contributed by atoms with Crippen LogP contribution in [0.25, 0.3) is 6.08 Å². The van der Waals surface area contributed by atoms with Crippen molar-refractivity contribution in [3.63, 3.8) is 0 Å². The van der Waals surface area contributed by atoms with E-state index in [4.69, 9.17) is 4.42 Å². The number of nitrogens with one attached hydrogen (secondary N) is 1. The number of carbonyl (C=O) groups excluding carboxylic acids is 1. The minimum Gasteiger partial charge on any atom is -0.465 e. The van der Waals surface area contributed by atoms with E-state index < -0.39 is 10.8 Å². The standard InChI is InChI=1S/C13H10N2O4/c16-13(8-7-10-4-3-9-19-10)14-11-5-1-2-6-12(11)15(17)18/h1-9H,(H,14,16). The number of hydrogen-bond acceptors (Lipinski definition) is 4. The summed E-state index contributed by atoms with van der Waals surface area (Å²) in [5, 5.41) is 13.2. The van der Waals surface area contributed by atoms with E-state index in [1.54, 1.807) is 18.2 Å². The minimum absolute atomic E-state index is 0.151. The average molecular weight is 258 g/mol. The number of nitro groups is 1. The van der Waals surface area contributed by atoms with E-state index in [-0.39, 0.29) is 11.4 Å². The zero-order valence-electron chi connectivity index (χ0n) is 9.78. The van der Waals surface area contributed by atoms with Crippen LogP contribution in [0.3, 0.4) is 0 Å². The molecule has 96 valence electrons. The third-order valence-electron chi connectivity index (χ3n) is 2.30. The Labute approximate surface area is 108 Å². The van der Waals surface area contributed by atoms with E-state index in [9.17, 15) is 14.9 Å². The van der Waals surface area contributed by atoms with Gasteiger partial charge in [-0.2, -0.15) is 0 Å². The second-order valence-corrected chi connectivity index (χ2v) is 3.61. The molecule has 2 aromatic rings. The summed E-state index contributed by atoms with van der Waals surface area (Å²) in [5.41, 5.74) is 0.00356. The first-order valence-corrected chi connectivity index (χ1v) is 5.43. The minimum atomic E-state index is -0.550. The van der Waals surface area contributed by atoms with Gasteiger partial charge in [0.1, 0.15) is 11.4 Å². The molecule has 6 heteroatoms. The summed E-state index contributed by atoms with van der Waals surface area (Å²) >= 11 is 0. The van der Waals surface area contributed by atoms with Gasteiger partial charge in [-0.05, 0) is 24.3 Å². The Bertz CT molecular complexity index is 617. The van der Waals surface area contributed by atoms with Gasteiger partial charge in [-0.15, -0.1) is 0 Å². The summed E-state index contributed by atoms with van der Waals surface area (Å²) in [6.07, 6.45) is 4.21. The van der Waals surface area contributed by atoms with Gasteiger partial charge in [0.25, 0.3) is 5.69 Å². The Hall–Kier alpha value is -2.89. The zero-order chi connectivity index (χ0) is 13.7. The third kappa shape index (κ3) is 3.29. The highest BCUT2D eigenvalue weighted by Crippen LogP contribution is 2.23. The van der Waals surface area contributed by atoms with E-state index in [1.165, 1.54) is 36.6 Å². The second kappa shape index (κ2) is 5.63. The van der Waals surface area contributed by atoms with Crippen LogP contribution < -0.4 is 5.32 Å². The van der Waals surface area contributed by atoms with Crippen LogP contribution in [0.15, 0.2) is 53.2 Å². The number of rotatable bonds is 4. The molecule has 2 rings (SSSR count). The van der Waals surface area contributed by atoms with Crippen molar-refractivity contribution in [2.24, 2.45) is 0 Å². The number of benzene rings is 1. The molecule has 0 aliphatic carbocycles. The van der Waals surface area contributed by atoms with Gasteiger partial charge in [-0.25, -0.2) is 0 Å². The molecule has 0 aliphatic rings. The number of anilines is 1. The normalized spacial score (nSPS) is 10.5. The Morgan fingerprint density at radius 1 is 1.26 bits per heavy atom. The van der Waals surface area contributed by atoms with Gasteiger partial charge in [-0.3, -0.25) is 14.9 Å². The summed E-state index contributed by atoms with van der Waals surface area (Å²) in [4.78, 5) is 21.8. The summed E-state index contributed by atoms with van der Waals surface area (Å²) in [6.45, 7) is 0. The lowest BCUT2D eigenvalue weighted by molar-refractivity contribution is -0.383. The molecule has 0 fully saturated rings. The molecular weight excluding hydrogens is 248 g/mol. The number of hydrogen-bond donors (Lipinski definition) is 1. The molecule has 1 amide bonds. The van der Waals surface area contributed by atoms with E-state index in [0.717, 1.165) is 0 Å². The van der Waals surface area contributed by atoms with Gasteiger partial charge in [-0.1, -0.05) is 12.1 Å². The largest absolute Gasteiger partial charge is 0.465 e. The van der Waals surface area contributed by atoms with Crippen LogP contribution in [-0.4, -0.2) is 10.8 Å². The fraction of sp³-hybridized carbons (Fsp3) is 0. The highest BCUT2D eigenvalue weighted by Gasteiger charge is 2.13. The van der Waals surface area contributed by atoms with Crippen molar-refractivity contribution in [1.29, 1.82) is 0 Å². The van der Waals surface area contributed by atoms with Crippen LogP contribution in [0.4, 0.5) is 11.4 Å². The maximum atomic E-state index is 11.6. The Kier molecular flexibility index (Phi) is 3.72. The first-order chi connectivity index (χ1) is 9.16. The molecule has 19 heavy (non-hydrogen) atoms. The number of furan rings is 1. The lowest BCUT2D eigenvalue weighted by atomic mass is 10.2. The van der Waals surface area contributed by atoms with Crippen LogP contribution in [0.2, 0.25) is 0 Å². The molecule has 0 saturated heterocycles. The lowest BCUT2D eigenvalue weighted by Crippen LogP contribution is -2.09. The molecule has 1 aromatic carbocycles. The summed E-state index contributed by atoms with van der Waals surface area (Å²) in [7, 11) is 0. The lowest BCUT2D eigenvalue weighted by Gasteiger charge is -2.02. The maximum Gasteiger partial charge on any atom is 0.292 e. The number of para-hydroxylation sites is 2. The van der Waals surface area contributed by atoms with Gasteiger partial charge in [0.05, 0.1) is 11.2 Å². The highest BCUT2D eigenvalue weighted by atomic mass is 16.6. The highest BCUT2D eigenvalue weighted by molar-refractivity contribution is 6.02. The summed E-state index contributed by atoms with van der Waals surface area (Å²) in [5.74, 6) is 0.0587. The molecule has 0 saturated carbocycles. The van der Waals surface area contributed by atoms with Crippen molar-refractivity contribution in [2.75, 3.05) is 5.32 Å². The SMILES string of the molecule is O=C(C=Cc1ccco1)Nc1ccccc1[N+](=O)[O-]. The number of nitrogens with zero attached hydrogens (tertiary/aromatic N) is 1. The van der Waals surface area contributed by atoms with Crippen molar-refractivity contribution in [1.82, 2.24) is 0 Å². The molecule has 1 aromatic heterocycles. The Morgan fingerprint density at radius 2 is 2.05 bits per heavy atom. The molecule has 0 unspecified atom stereocenters. The zero-order valence-corrected chi connectivity index (χ0v) is 9.78. The van der Waals surface area contributed by atoms with Crippen molar-refractivity contribution in [2.45, 2.75) is 0 Å². The van der Waals surface area contributed by atoms with Crippen molar-refractivity contribution in [3.05, 3.63) is 64.6 Å². The number of nitro benzene ring substituents is 1. The molecular formula is C13H10N2O4. The van der Waals surface area contributed by atoms with Gasteiger partial charge in [0.2, 0.25) is 5.91 Å². The van der Waals surface area contributed by atoms with Crippen LogP contribution in [-0.2, 0) is 4.79 Å². The molecule has 0 bridgehead atoms.